The molecule has 1 aromatic carbocycles. The van der Waals surface area contributed by atoms with E-state index in [0.29, 0.717) is 5.75 Å². The quantitative estimate of drug-likeness (QED) is 0.784. The van der Waals surface area contributed by atoms with Crippen molar-refractivity contribution in [1.29, 1.82) is 0 Å². The van der Waals surface area contributed by atoms with Crippen LogP contribution in [0.25, 0.3) is 0 Å². The lowest BCUT2D eigenvalue weighted by Crippen LogP contribution is -2.01. The lowest BCUT2D eigenvalue weighted by molar-refractivity contribution is 0.327. The van der Waals surface area contributed by atoms with Gasteiger partial charge in [0.05, 0.1) is 16.6 Å². The van der Waals surface area contributed by atoms with Crippen LogP contribution in [0.15, 0.2) is 30.3 Å². The fourth-order valence-electron chi connectivity index (χ4n) is 0.906. The number of benzene rings is 1. The summed E-state index contributed by atoms with van der Waals surface area (Å²) < 4.78 is 25.8. The van der Waals surface area contributed by atoms with Crippen molar-refractivity contribution in [3.05, 3.63) is 35.9 Å². The SMILES string of the molecule is O=[P+](O)OC[S@@](=O)Cc1ccccc1. The molecule has 6 heteroatoms. The van der Waals surface area contributed by atoms with Crippen LogP contribution in [0.1, 0.15) is 5.56 Å². The first-order valence-corrected chi connectivity index (χ1v) is 6.48. The van der Waals surface area contributed by atoms with Gasteiger partial charge in [-0.15, -0.1) is 9.42 Å². The van der Waals surface area contributed by atoms with E-state index in [0.717, 1.165) is 5.56 Å². The summed E-state index contributed by atoms with van der Waals surface area (Å²) in [6, 6.07) is 9.25. The van der Waals surface area contributed by atoms with Crippen molar-refractivity contribution in [3.63, 3.8) is 0 Å². The molecule has 1 unspecified atom stereocenters. The number of hydrogen-bond acceptors (Lipinski definition) is 3. The van der Waals surface area contributed by atoms with Crippen LogP contribution in [-0.2, 0) is 25.6 Å². The van der Waals surface area contributed by atoms with Gasteiger partial charge in [0.15, 0.2) is 5.94 Å². The Balaban J connectivity index is 2.38. The largest absolute Gasteiger partial charge is 0.695 e. The summed E-state index contributed by atoms with van der Waals surface area (Å²) in [5.41, 5.74) is 0.919. The van der Waals surface area contributed by atoms with Gasteiger partial charge in [0.1, 0.15) is 0 Å². The molecule has 0 fully saturated rings. The molecule has 0 radical (unpaired) electrons. The van der Waals surface area contributed by atoms with Crippen LogP contribution in [0.4, 0.5) is 0 Å². The molecular weight excluding hydrogens is 223 g/mol. The van der Waals surface area contributed by atoms with E-state index in [-0.39, 0.29) is 5.94 Å². The highest BCUT2D eigenvalue weighted by Crippen LogP contribution is 2.15. The third-order valence-electron chi connectivity index (χ3n) is 1.47. The van der Waals surface area contributed by atoms with Gasteiger partial charge in [0.2, 0.25) is 0 Å². The van der Waals surface area contributed by atoms with Crippen molar-refractivity contribution >= 4 is 19.1 Å². The summed E-state index contributed by atoms with van der Waals surface area (Å²) >= 11 is 0. The highest BCUT2D eigenvalue weighted by molar-refractivity contribution is 7.84. The Morgan fingerprint density at radius 2 is 2.00 bits per heavy atom. The minimum atomic E-state index is -2.65. The van der Waals surface area contributed by atoms with Gasteiger partial charge in [-0.2, -0.15) is 0 Å². The first kappa shape index (κ1) is 11.5. The first-order chi connectivity index (χ1) is 6.68. The molecule has 0 saturated carbocycles. The zero-order chi connectivity index (χ0) is 10.4. The first-order valence-electron chi connectivity index (χ1n) is 3.86. The standard InChI is InChI=1S/C8H9O4PS/c9-13(10)12-7-14(11)6-8-4-2-1-3-5-8/h1-5H,6-7H2/p+1/t14-/m0/s1. The predicted octanol–water partition coefficient (Wildman–Crippen LogP) is 1.56. The van der Waals surface area contributed by atoms with Crippen LogP contribution in [0.2, 0.25) is 0 Å². The van der Waals surface area contributed by atoms with Crippen LogP contribution in [0.5, 0.6) is 0 Å². The van der Waals surface area contributed by atoms with Gasteiger partial charge < -0.3 is 0 Å². The van der Waals surface area contributed by atoms with Crippen LogP contribution in [0.3, 0.4) is 0 Å². The van der Waals surface area contributed by atoms with Gasteiger partial charge >= 0.3 is 8.25 Å². The summed E-state index contributed by atoms with van der Waals surface area (Å²) in [7, 11) is -3.91. The van der Waals surface area contributed by atoms with E-state index in [1.165, 1.54) is 0 Å². The second-order valence-corrected chi connectivity index (χ2v) is 4.69. The van der Waals surface area contributed by atoms with Crippen molar-refractivity contribution in [1.82, 2.24) is 0 Å². The second-order valence-electron chi connectivity index (χ2n) is 2.55. The van der Waals surface area contributed by atoms with Crippen molar-refractivity contribution < 1.29 is 18.2 Å². The van der Waals surface area contributed by atoms with E-state index < -0.39 is 19.1 Å². The fourth-order valence-corrected chi connectivity index (χ4v) is 2.38. The van der Waals surface area contributed by atoms with E-state index in [2.05, 4.69) is 4.52 Å². The van der Waals surface area contributed by atoms with Crippen LogP contribution in [-0.4, -0.2) is 15.0 Å². The van der Waals surface area contributed by atoms with Gasteiger partial charge in [-0.3, -0.25) is 4.21 Å². The van der Waals surface area contributed by atoms with Crippen molar-refractivity contribution in [2.45, 2.75) is 5.75 Å². The Bertz CT molecular complexity index is 327. The molecule has 0 saturated heterocycles. The molecule has 1 N–H and O–H groups in total. The smallest absolute Gasteiger partial charge is 0.257 e. The van der Waals surface area contributed by atoms with Gasteiger partial charge in [-0.05, 0) is 5.56 Å². The molecule has 0 aliphatic heterocycles. The second kappa shape index (κ2) is 5.98. The maximum atomic E-state index is 11.3. The number of hydrogen-bond donors (Lipinski definition) is 1. The van der Waals surface area contributed by atoms with E-state index in [1.54, 1.807) is 0 Å². The molecule has 0 spiro atoms. The summed E-state index contributed by atoms with van der Waals surface area (Å²) in [5, 5.41) is 0. The van der Waals surface area contributed by atoms with E-state index in [4.69, 9.17) is 4.89 Å². The molecule has 0 heterocycles. The predicted molar refractivity (Wildman–Crippen MR) is 54.1 cm³/mol. The minimum Gasteiger partial charge on any atom is -0.257 e. The fraction of sp³-hybridized carbons (Fsp3) is 0.250. The molecule has 0 aliphatic carbocycles. The molecule has 0 amide bonds. The molecule has 1 rings (SSSR count). The molecule has 0 bridgehead atoms. The maximum Gasteiger partial charge on any atom is 0.695 e. The van der Waals surface area contributed by atoms with Crippen LogP contribution >= 0.6 is 8.25 Å². The molecule has 4 nitrogen and oxygen atoms in total. The average molecular weight is 233 g/mol. The minimum absolute atomic E-state index is 0.208. The summed E-state index contributed by atoms with van der Waals surface area (Å²) in [6.45, 7) is 0. The Kier molecular flexibility index (Phi) is 4.90. The normalized spacial score (nSPS) is 13.6. The zero-order valence-corrected chi connectivity index (χ0v) is 9.04. The summed E-state index contributed by atoms with van der Waals surface area (Å²) in [4.78, 5) is 8.32. The third-order valence-corrected chi connectivity index (χ3v) is 3.03. The molecule has 1 aromatic rings. The van der Waals surface area contributed by atoms with E-state index >= 15 is 0 Å². The third kappa shape index (κ3) is 4.58. The average Bonchev–Trinajstić information content (AvgIpc) is 2.16. The highest BCUT2D eigenvalue weighted by atomic mass is 32.2. The molecule has 0 aliphatic rings. The zero-order valence-electron chi connectivity index (χ0n) is 7.33. The Labute approximate surface area is 85.3 Å². The van der Waals surface area contributed by atoms with Crippen LogP contribution < -0.4 is 0 Å². The van der Waals surface area contributed by atoms with Crippen LogP contribution in [0, 0.1) is 0 Å². The lowest BCUT2D eigenvalue weighted by Gasteiger charge is -1.97. The summed E-state index contributed by atoms with van der Waals surface area (Å²) in [5.74, 6) is 0.130. The lowest BCUT2D eigenvalue weighted by atomic mass is 10.2. The highest BCUT2D eigenvalue weighted by Gasteiger charge is 2.14. The van der Waals surface area contributed by atoms with Gasteiger partial charge in [-0.1, -0.05) is 30.3 Å². The molecule has 0 aromatic heterocycles. The molecule has 2 atom stereocenters. The van der Waals surface area contributed by atoms with E-state index in [1.807, 2.05) is 30.3 Å². The monoisotopic (exact) mass is 233 g/mol. The Hall–Kier alpha value is -0.610. The number of rotatable bonds is 5. The maximum absolute atomic E-state index is 11.3. The van der Waals surface area contributed by atoms with Gasteiger partial charge in [0.25, 0.3) is 0 Å². The van der Waals surface area contributed by atoms with Crippen molar-refractivity contribution in [2.75, 3.05) is 5.94 Å². The topological polar surface area (TPSA) is 63.6 Å². The van der Waals surface area contributed by atoms with Crippen molar-refractivity contribution in [3.8, 4) is 0 Å². The molecule has 14 heavy (non-hydrogen) atoms. The molecular formula is C8H10O4PS+. The summed E-state index contributed by atoms with van der Waals surface area (Å²) in [6.07, 6.45) is 0. The Morgan fingerprint density at radius 1 is 1.36 bits per heavy atom. The van der Waals surface area contributed by atoms with E-state index in [9.17, 15) is 8.77 Å². The Morgan fingerprint density at radius 3 is 2.57 bits per heavy atom. The van der Waals surface area contributed by atoms with Gasteiger partial charge in [0, 0.05) is 4.57 Å². The van der Waals surface area contributed by atoms with Gasteiger partial charge in [-0.25, -0.2) is 0 Å². The van der Waals surface area contributed by atoms with Crippen molar-refractivity contribution in [2.24, 2.45) is 0 Å². The molecule has 76 valence electrons.